The van der Waals surface area contributed by atoms with Crippen molar-refractivity contribution in [3.63, 3.8) is 0 Å². The van der Waals surface area contributed by atoms with Crippen LogP contribution in [-0.4, -0.2) is 29.0 Å². The van der Waals surface area contributed by atoms with Gasteiger partial charge in [0.25, 0.3) is 5.69 Å². The van der Waals surface area contributed by atoms with Gasteiger partial charge < -0.3 is 4.90 Å². The third-order valence-electron chi connectivity index (χ3n) is 3.21. The number of thioether (sulfide) groups is 1. The number of benzene rings is 1. The van der Waals surface area contributed by atoms with Gasteiger partial charge in [0.15, 0.2) is 0 Å². The van der Waals surface area contributed by atoms with Gasteiger partial charge in [0.2, 0.25) is 0 Å². The van der Waals surface area contributed by atoms with Crippen LogP contribution < -0.4 is 4.90 Å². The number of hydrogen-bond acceptors (Lipinski definition) is 5. The van der Waals surface area contributed by atoms with E-state index in [1.165, 1.54) is 6.07 Å². The summed E-state index contributed by atoms with van der Waals surface area (Å²) in [5, 5.41) is 20.6. The van der Waals surface area contributed by atoms with Crippen molar-refractivity contribution in [2.24, 2.45) is 0 Å². The molecule has 0 N–H and O–H groups in total. The Morgan fingerprint density at radius 3 is 3.00 bits per heavy atom. The number of nitro benzene ring substituents is 1. The van der Waals surface area contributed by atoms with E-state index >= 15 is 0 Å². The number of nitro groups is 1. The summed E-state index contributed by atoms with van der Waals surface area (Å²) in [6.45, 7) is 3.81. The number of hydrogen-bond donors (Lipinski definition) is 0. The maximum Gasteiger partial charge on any atom is 0.293 e. The van der Waals surface area contributed by atoms with Crippen molar-refractivity contribution in [3.05, 3.63) is 33.9 Å². The highest BCUT2D eigenvalue weighted by atomic mass is 32.2. The van der Waals surface area contributed by atoms with Crippen molar-refractivity contribution >= 4 is 23.1 Å². The summed E-state index contributed by atoms with van der Waals surface area (Å²) in [6.07, 6.45) is 1.02. The molecular formula is C13H15N3O2S. The Morgan fingerprint density at radius 1 is 1.53 bits per heavy atom. The minimum absolute atomic E-state index is 0.0265. The van der Waals surface area contributed by atoms with E-state index < -0.39 is 4.92 Å². The maximum absolute atomic E-state index is 11.1. The second-order valence-corrected chi connectivity index (χ2v) is 6.08. The van der Waals surface area contributed by atoms with Crippen molar-refractivity contribution < 1.29 is 4.92 Å². The van der Waals surface area contributed by atoms with Gasteiger partial charge in [0.1, 0.15) is 5.69 Å². The summed E-state index contributed by atoms with van der Waals surface area (Å²) in [5.74, 6) is 0.971. The highest BCUT2D eigenvalue weighted by Crippen LogP contribution is 2.31. The van der Waals surface area contributed by atoms with Gasteiger partial charge in [-0.25, -0.2) is 0 Å². The van der Waals surface area contributed by atoms with Gasteiger partial charge in [0, 0.05) is 30.2 Å². The molecule has 1 aromatic carbocycles. The molecule has 0 aliphatic carbocycles. The van der Waals surface area contributed by atoms with Crippen LogP contribution in [0, 0.1) is 21.4 Å². The van der Waals surface area contributed by atoms with Crippen molar-refractivity contribution in [1.82, 2.24) is 0 Å². The Bertz CT molecular complexity index is 527. The Labute approximate surface area is 116 Å². The van der Waals surface area contributed by atoms with Gasteiger partial charge >= 0.3 is 0 Å². The van der Waals surface area contributed by atoms with Crippen LogP contribution in [0.2, 0.25) is 0 Å². The second kappa shape index (κ2) is 5.93. The minimum atomic E-state index is -0.405. The first-order valence-electron chi connectivity index (χ1n) is 6.17. The molecule has 19 heavy (non-hydrogen) atoms. The number of nitrogens with zero attached hydrogens (tertiary/aromatic N) is 3. The fourth-order valence-electron chi connectivity index (χ4n) is 2.14. The van der Waals surface area contributed by atoms with E-state index in [1.807, 2.05) is 17.8 Å². The minimum Gasteiger partial charge on any atom is -0.365 e. The third kappa shape index (κ3) is 3.18. The molecule has 0 amide bonds. The van der Waals surface area contributed by atoms with Crippen LogP contribution in [0.15, 0.2) is 18.2 Å². The predicted octanol–water partition coefficient (Wildman–Crippen LogP) is 2.80. The molecular weight excluding hydrogens is 262 g/mol. The van der Waals surface area contributed by atoms with Gasteiger partial charge in [-0.05, 0) is 18.6 Å². The Hall–Kier alpha value is -1.74. The Morgan fingerprint density at radius 2 is 2.32 bits per heavy atom. The predicted molar refractivity (Wildman–Crippen MR) is 76.6 cm³/mol. The molecule has 1 aliphatic rings. The standard InChI is InChI=1S/C13H15N3O2S/c1-10-4-5-15(6-7-19-10)12-3-2-11(9-14)8-13(12)16(17)18/h2-3,8,10H,4-7H2,1H3. The molecule has 1 atom stereocenters. The van der Waals surface area contributed by atoms with E-state index in [9.17, 15) is 10.1 Å². The second-order valence-electron chi connectivity index (χ2n) is 4.53. The topological polar surface area (TPSA) is 70.2 Å². The van der Waals surface area contributed by atoms with Gasteiger partial charge in [-0.1, -0.05) is 6.92 Å². The molecule has 1 saturated heterocycles. The van der Waals surface area contributed by atoms with Crippen LogP contribution in [0.25, 0.3) is 0 Å². The highest BCUT2D eigenvalue weighted by Gasteiger charge is 2.22. The average Bonchev–Trinajstić information content (AvgIpc) is 2.62. The van der Waals surface area contributed by atoms with Gasteiger partial charge in [-0.15, -0.1) is 0 Å². The lowest BCUT2D eigenvalue weighted by Gasteiger charge is -2.22. The van der Waals surface area contributed by atoms with Crippen molar-refractivity contribution in [3.8, 4) is 6.07 Å². The smallest absolute Gasteiger partial charge is 0.293 e. The fourth-order valence-corrected chi connectivity index (χ4v) is 3.14. The first-order chi connectivity index (χ1) is 9.11. The molecule has 100 valence electrons. The SMILES string of the molecule is CC1CCN(c2ccc(C#N)cc2[N+](=O)[O-])CCS1. The first-order valence-corrected chi connectivity index (χ1v) is 7.22. The Balaban J connectivity index is 2.33. The molecule has 1 fully saturated rings. The summed E-state index contributed by atoms with van der Waals surface area (Å²) in [6, 6.07) is 6.64. The van der Waals surface area contributed by atoms with Crippen LogP contribution in [0.3, 0.4) is 0 Å². The van der Waals surface area contributed by atoms with E-state index in [0.717, 1.165) is 25.3 Å². The van der Waals surface area contributed by atoms with Crippen LogP contribution in [0.1, 0.15) is 18.9 Å². The average molecular weight is 277 g/mol. The van der Waals surface area contributed by atoms with E-state index in [1.54, 1.807) is 12.1 Å². The molecule has 6 heteroatoms. The molecule has 0 saturated carbocycles. The van der Waals surface area contributed by atoms with Crippen molar-refractivity contribution in [2.75, 3.05) is 23.7 Å². The summed E-state index contributed by atoms with van der Waals surface area (Å²) in [5.41, 5.74) is 0.977. The van der Waals surface area contributed by atoms with Crippen LogP contribution in [0.5, 0.6) is 0 Å². The van der Waals surface area contributed by atoms with Crippen LogP contribution in [0.4, 0.5) is 11.4 Å². The zero-order valence-electron chi connectivity index (χ0n) is 10.7. The molecule has 0 spiro atoms. The quantitative estimate of drug-likeness (QED) is 0.614. The zero-order chi connectivity index (χ0) is 13.8. The molecule has 0 radical (unpaired) electrons. The Kier molecular flexibility index (Phi) is 4.27. The lowest BCUT2D eigenvalue weighted by molar-refractivity contribution is -0.384. The molecule has 2 rings (SSSR count). The third-order valence-corrected chi connectivity index (χ3v) is 4.43. The maximum atomic E-state index is 11.1. The van der Waals surface area contributed by atoms with Crippen molar-refractivity contribution in [1.29, 1.82) is 5.26 Å². The number of anilines is 1. The van der Waals surface area contributed by atoms with Gasteiger partial charge in [0.05, 0.1) is 16.6 Å². The molecule has 1 unspecified atom stereocenters. The summed E-state index contributed by atoms with van der Waals surface area (Å²) < 4.78 is 0. The molecule has 1 aliphatic heterocycles. The van der Waals surface area contributed by atoms with Crippen LogP contribution in [-0.2, 0) is 0 Å². The summed E-state index contributed by atoms with van der Waals surface area (Å²) >= 11 is 1.90. The van der Waals surface area contributed by atoms with Crippen LogP contribution >= 0.6 is 11.8 Å². The first kappa shape index (κ1) is 13.7. The lowest BCUT2D eigenvalue weighted by atomic mass is 10.1. The highest BCUT2D eigenvalue weighted by molar-refractivity contribution is 7.99. The van der Waals surface area contributed by atoms with Crippen molar-refractivity contribution in [2.45, 2.75) is 18.6 Å². The van der Waals surface area contributed by atoms with E-state index in [2.05, 4.69) is 11.8 Å². The fraction of sp³-hybridized carbons (Fsp3) is 0.462. The van der Waals surface area contributed by atoms with E-state index in [-0.39, 0.29) is 5.69 Å². The summed E-state index contributed by atoms with van der Waals surface area (Å²) in [7, 11) is 0. The largest absolute Gasteiger partial charge is 0.365 e. The van der Waals surface area contributed by atoms with Gasteiger partial charge in [-0.2, -0.15) is 17.0 Å². The van der Waals surface area contributed by atoms with E-state index in [0.29, 0.717) is 16.5 Å². The molecule has 1 heterocycles. The van der Waals surface area contributed by atoms with Gasteiger partial charge in [-0.3, -0.25) is 10.1 Å². The normalized spacial score (nSPS) is 19.6. The lowest BCUT2D eigenvalue weighted by Crippen LogP contribution is -2.26. The molecule has 0 bridgehead atoms. The molecule has 5 nitrogen and oxygen atoms in total. The summed E-state index contributed by atoms with van der Waals surface area (Å²) in [4.78, 5) is 12.8. The van der Waals surface area contributed by atoms with E-state index in [4.69, 9.17) is 5.26 Å². The zero-order valence-corrected chi connectivity index (χ0v) is 11.5. The molecule has 0 aromatic heterocycles. The number of rotatable bonds is 2. The monoisotopic (exact) mass is 277 g/mol. The number of nitriles is 1. The molecule has 1 aromatic rings.